The van der Waals surface area contributed by atoms with E-state index < -0.39 is 11.9 Å². The highest BCUT2D eigenvalue weighted by molar-refractivity contribution is 5.67. The lowest BCUT2D eigenvalue weighted by molar-refractivity contribution is -0.307. The zero-order chi connectivity index (χ0) is 15.9. The maximum atomic E-state index is 9.66. The molecule has 0 saturated heterocycles. The largest absolute Gasteiger partial charge is 0.550 e. The van der Waals surface area contributed by atoms with E-state index in [4.69, 9.17) is 0 Å². The molecule has 0 rings (SSSR count). The maximum Gasteiger partial charge on any atom is 0.0414 e. The Morgan fingerprint density at radius 1 is 0.895 bits per heavy atom. The van der Waals surface area contributed by atoms with Gasteiger partial charge >= 0.3 is 0 Å². The summed E-state index contributed by atoms with van der Waals surface area (Å²) in [6.45, 7) is 11.9. The van der Waals surface area contributed by atoms with Crippen LogP contribution in [0.2, 0.25) is 0 Å². The molecular formula is C13H25NO5-2. The summed E-state index contributed by atoms with van der Waals surface area (Å²) in [4.78, 5) is 19.3. The van der Waals surface area contributed by atoms with Gasteiger partial charge in [0, 0.05) is 23.0 Å². The molecule has 0 saturated carbocycles. The van der Waals surface area contributed by atoms with Crippen LogP contribution < -0.4 is 10.2 Å². The maximum absolute atomic E-state index is 9.66. The molecule has 0 bridgehead atoms. The second-order valence-corrected chi connectivity index (χ2v) is 6.25. The summed E-state index contributed by atoms with van der Waals surface area (Å²) in [5, 5.41) is 30.2. The number of nitrogens with zero attached hydrogens (tertiary/aromatic N) is 1. The molecule has 0 aromatic heterocycles. The van der Waals surface area contributed by atoms with Gasteiger partial charge in [0.25, 0.3) is 0 Å². The SMILES string of the molecule is CC(C)(C)N(O)C(C)(C)C.O=C([O-])CCCC(=O)[O-]. The summed E-state index contributed by atoms with van der Waals surface area (Å²) in [5.74, 6) is -2.45. The molecule has 0 aromatic carbocycles. The Balaban J connectivity index is 0. The first kappa shape index (κ1) is 20.2. The standard InChI is InChI=1S/C8H19NO.C5H8O4/c1-7(2,3)9(10)8(4,5)6;6-4(7)2-1-3-5(8)9/h10H,1-6H3;1-3H2,(H,6,7)(H,8,9)/p-2. The van der Waals surface area contributed by atoms with E-state index in [0.717, 1.165) is 0 Å². The van der Waals surface area contributed by atoms with Crippen molar-refractivity contribution in [3.8, 4) is 0 Å². The number of carbonyl (C=O) groups is 2. The van der Waals surface area contributed by atoms with Crippen molar-refractivity contribution >= 4 is 11.9 Å². The fraction of sp³-hybridized carbons (Fsp3) is 0.846. The number of hydrogen-bond donors (Lipinski definition) is 1. The third-order valence-corrected chi connectivity index (χ3v) is 2.03. The summed E-state index contributed by atoms with van der Waals surface area (Å²) >= 11 is 0. The van der Waals surface area contributed by atoms with Crippen LogP contribution >= 0.6 is 0 Å². The molecule has 0 unspecified atom stereocenters. The number of rotatable bonds is 4. The molecule has 1 N–H and O–H groups in total. The van der Waals surface area contributed by atoms with Crippen LogP contribution in [0.15, 0.2) is 0 Å². The predicted molar refractivity (Wildman–Crippen MR) is 67.0 cm³/mol. The number of aliphatic carboxylic acids is 2. The number of carbonyl (C=O) groups excluding carboxylic acids is 2. The molecule has 0 aliphatic rings. The minimum absolute atomic E-state index is 0.0880. The molecule has 0 aliphatic heterocycles. The Bertz CT molecular complexity index is 260. The Labute approximate surface area is 115 Å². The average Bonchev–Trinajstić information content (AvgIpc) is 2.13. The zero-order valence-electron chi connectivity index (χ0n) is 12.6. The lowest BCUT2D eigenvalue weighted by atomic mass is 10.0. The number of hydrogen-bond acceptors (Lipinski definition) is 6. The molecule has 0 aromatic rings. The third-order valence-electron chi connectivity index (χ3n) is 2.03. The van der Waals surface area contributed by atoms with Crippen molar-refractivity contribution in [2.75, 3.05) is 0 Å². The molecule has 114 valence electrons. The quantitative estimate of drug-likeness (QED) is 0.720. The first-order valence-electron chi connectivity index (χ1n) is 6.17. The Hall–Kier alpha value is -1.14. The fourth-order valence-corrected chi connectivity index (χ4v) is 1.38. The van der Waals surface area contributed by atoms with E-state index >= 15 is 0 Å². The van der Waals surface area contributed by atoms with E-state index in [2.05, 4.69) is 0 Å². The number of hydroxylamine groups is 2. The first-order valence-corrected chi connectivity index (χ1v) is 6.17. The van der Waals surface area contributed by atoms with Crippen molar-refractivity contribution in [2.45, 2.75) is 71.9 Å². The molecule has 0 fully saturated rings. The van der Waals surface area contributed by atoms with E-state index in [-0.39, 0.29) is 30.3 Å². The fourth-order valence-electron chi connectivity index (χ4n) is 1.38. The van der Waals surface area contributed by atoms with Gasteiger partial charge in [-0.15, -0.1) is 0 Å². The van der Waals surface area contributed by atoms with Gasteiger partial charge in [0.05, 0.1) is 0 Å². The molecule has 0 amide bonds. The topological polar surface area (TPSA) is 104 Å². The second-order valence-electron chi connectivity index (χ2n) is 6.25. The van der Waals surface area contributed by atoms with Gasteiger partial charge in [-0.1, -0.05) is 0 Å². The van der Waals surface area contributed by atoms with E-state index in [1.165, 1.54) is 5.06 Å². The van der Waals surface area contributed by atoms with E-state index in [9.17, 15) is 25.0 Å². The highest BCUT2D eigenvalue weighted by atomic mass is 16.5. The monoisotopic (exact) mass is 275 g/mol. The van der Waals surface area contributed by atoms with Crippen molar-refractivity contribution in [3.63, 3.8) is 0 Å². The van der Waals surface area contributed by atoms with Crippen LogP contribution in [-0.4, -0.2) is 33.3 Å². The molecule has 6 nitrogen and oxygen atoms in total. The van der Waals surface area contributed by atoms with Gasteiger partial charge in [0.15, 0.2) is 0 Å². The summed E-state index contributed by atoms with van der Waals surface area (Å²) in [7, 11) is 0. The van der Waals surface area contributed by atoms with E-state index in [1.807, 2.05) is 41.5 Å². The third kappa shape index (κ3) is 13.1. The van der Waals surface area contributed by atoms with Gasteiger partial charge in [0.1, 0.15) is 0 Å². The highest BCUT2D eigenvalue weighted by Gasteiger charge is 2.29. The molecule has 0 radical (unpaired) electrons. The summed E-state index contributed by atoms with van der Waals surface area (Å²) < 4.78 is 0. The van der Waals surface area contributed by atoms with Crippen LogP contribution in [0, 0.1) is 0 Å². The normalized spacial score (nSPS) is 11.8. The molecule has 0 spiro atoms. The first-order chi connectivity index (χ1) is 8.28. The number of carboxylic acids is 2. The predicted octanol–water partition coefficient (Wildman–Crippen LogP) is -0.0689. The van der Waals surface area contributed by atoms with Crippen molar-refractivity contribution in [1.82, 2.24) is 5.06 Å². The summed E-state index contributed by atoms with van der Waals surface area (Å²) in [6.07, 6.45) is -0.341. The summed E-state index contributed by atoms with van der Waals surface area (Å²) in [5.41, 5.74) is -0.337. The minimum atomic E-state index is -1.23. The van der Waals surface area contributed by atoms with E-state index in [1.54, 1.807) is 0 Å². The van der Waals surface area contributed by atoms with Crippen LogP contribution in [0.1, 0.15) is 60.8 Å². The van der Waals surface area contributed by atoms with Crippen molar-refractivity contribution in [1.29, 1.82) is 0 Å². The van der Waals surface area contributed by atoms with Gasteiger partial charge in [-0.25, -0.2) is 0 Å². The summed E-state index contributed by atoms with van der Waals surface area (Å²) in [6, 6.07) is 0. The van der Waals surface area contributed by atoms with Crippen molar-refractivity contribution in [2.24, 2.45) is 0 Å². The molecular weight excluding hydrogens is 250 g/mol. The Morgan fingerprint density at radius 2 is 1.16 bits per heavy atom. The van der Waals surface area contributed by atoms with Gasteiger partial charge in [-0.2, -0.15) is 5.06 Å². The van der Waals surface area contributed by atoms with Crippen LogP contribution in [-0.2, 0) is 9.59 Å². The van der Waals surface area contributed by atoms with Gasteiger partial charge < -0.3 is 25.0 Å². The average molecular weight is 275 g/mol. The van der Waals surface area contributed by atoms with Gasteiger partial charge in [-0.05, 0) is 60.8 Å². The number of carboxylic acid groups (broad SMARTS) is 2. The molecule has 0 heterocycles. The minimum Gasteiger partial charge on any atom is -0.550 e. The van der Waals surface area contributed by atoms with Crippen molar-refractivity contribution < 1.29 is 25.0 Å². The molecule has 19 heavy (non-hydrogen) atoms. The molecule has 0 atom stereocenters. The van der Waals surface area contributed by atoms with Crippen molar-refractivity contribution in [3.05, 3.63) is 0 Å². The van der Waals surface area contributed by atoms with E-state index in [0.29, 0.717) is 0 Å². The van der Waals surface area contributed by atoms with Gasteiger partial charge in [0.2, 0.25) is 0 Å². The highest BCUT2D eigenvalue weighted by Crippen LogP contribution is 2.21. The van der Waals surface area contributed by atoms with Crippen LogP contribution in [0.25, 0.3) is 0 Å². The zero-order valence-corrected chi connectivity index (χ0v) is 12.6. The second kappa shape index (κ2) is 8.12. The van der Waals surface area contributed by atoms with Gasteiger partial charge in [-0.3, -0.25) is 0 Å². The Kier molecular flexibility index (Phi) is 8.62. The smallest absolute Gasteiger partial charge is 0.0414 e. The Morgan fingerprint density at radius 3 is 1.26 bits per heavy atom. The molecule has 6 heteroatoms. The lowest BCUT2D eigenvalue weighted by Gasteiger charge is -2.39. The van der Waals surface area contributed by atoms with Crippen LogP contribution in [0.5, 0.6) is 0 Å². The van der Waals surface area contributed by atoms with Crippen LogP contribution in [0.4, 0.5) is 0 Å². The lowest BCUT2D eigenvalue weighted by Crippen LogP contribution is -2.50. The molecule has 0 aliphatic carbocycles. The van der Waals surface area contributed by atoms with Crippen LogP contribution in [0.3, 0.4) is 0 Å².